The van der Waals surface area contributed by atoms with Crippen LogP contribution >= 0.6 is 0 Å². The Bertz CT molecular complexity index is 308. The Morgan fingerprint density at radius 3 is 2.81 bits per heavy atom. The van der Waals surface area contributed by atoms with Crippen LogP contribution in [0.4, 0.5) is 4.79 Å². The molecule has 90 valence electrons. The first-order chi connectivity index (χ1) is 7.65. The van der Waals surface area contributed by atoms with Gasteiger partial charge < -0.3 is 25.4 Å². The van der Waals surface area contributed by atoms with Crippen LogP contribution in [0.15, 0.2) is 12.3 Å². The zero-order valence-corrected chi connectivity index (χ0v) is 8.48. The van der Waals surface area contributed by atoms with E-state index in [-0.39, 0.29) is 0 Å². The van der Waals surface area contributed by atoms with Crippen molar-refractivity contribution in [3.8, 4) is 0 Å². The lowest BCUT2D eigenvalue weighted by atomic mass is 10.1. The van der Waals surface area contributed by atoms with Gasteiger partial charge >= 0.3 is 6.03 Å². The van der Waals surface area contributed by atoms with Crippen molar-refractivity contribution in [3.05, 3.63) is 12.3 Å². The summed E-state index contributed by atoms with van der Waals surface area (Å²) in [5, 5.41) is 30.7. The molecule has 2 amide bonds. The molecule has 0 aliphatic carbocycles. The summed E-state index contributed by atoms with van der Waals surface area (Å²) in [7, 11) is 0. The summed E-state index contributed by atoms with van der Waals surface area (Å²) in [6.45, 7) is 0.0119. The molecule has 0 aromatic heterocycles. The van der Waals surface area contributed by atoms with Gasteiger partial charge in [-0.05, 0) is 6.08 Å². The van der Waals surface area contributed by atoms with E-state index in [1.54, 1.807) is 6.08 Å². The second-order valence-corrected chi connectivity index (χ2v) is 3.71. The number of rotatable bonds is 2. The number of ether oxygens (including phenoxy) is 1. The van der Waals surface area contributed by atoms with Crippen LogP contribution in [0, 0.1) is 0 Å². The molecule has 0 aromatic carbocycles. The molecule has 4 atom stereocenters. The van der Waals surface area contributed by atoms with Gasteiger partial charge in [0.25, 0.3) is 0 Å². The van der Waals surface area contributed by atoms with Crippen LogP contribution in [-0.4, -0.2) is 63.9 Å². The quantitative estimate of drug-likeness (QED) is 0.438. The predicted octanol–water partition coefficient (Wildman–Crippen LogP) is -2.04. The Hall–Kier alpha value is -1.15. The van der Waals surface area contributed by atoms with Gasteiger partial charge in [0.15, 0.2) is 6.23 Å². The zero-order chi connectivity index (χ0) is 11.7. The highest BCUT2D eigenvalue weighted by molar-refractivity contribution is 5.76. The molecule has 2 rings (SSSR count). The van der Waals surface area contributed by atoms with Crippen LogP contribution in [0.3, 0.4) is 0 Å². The van der Waals surface area contributed by atoms with E-state index in [9.17, 15) is 15.0 Å². The van der Waals surface area contributed by atoms with E-state index >= 15 is 0 Å². The second kappa shape index (κ2) is 4.38. The maximum atomic E-state index is 11.5. The topological polar surface area (TPSA) is 102 Å². The van der Waals surface area contributed by atoms with Crippen molar-refractivity contribution < 1.29 is 24.9 Å². The predicted molar refractivity (Wildman–Crippen MR) is 52.1 cm³/mol. The molecule has 2 aliphatic heterocycles. The molecule has 0 bridgehead atoms. The Kier molecular flexibility index (Phi) is 3.10. The van der Waals surface area contributed by atoms with E-state index in [0.29, 0.717) is 6.54 Å². The van der Waals surface area contributed by atoms with Gasteiger partial charge in [0.1, 0.15) is 18.3 Å². The molecule has 4 unspecified atom stereocenters. The van der Waals surface area contributed by atoms with Crippen molar-refractivity contribution in [2.75, 3.05) is 13.2 Å². The van der Waals surface area contributed by atoms with Crippen LogP contribution in [0.2, 0.25) is 0 Å². The second-order valence-electron chi connectivity index (χ2n) is 3.71. The molecular weight excluding hydrogens is 216 g/mol. The number of hydrogen-bond acceptors (Lipinski definition) is 5. The van der Waals surface area contributed by atoms with Crippen LogP contribution in [0.25, 0.3) is 0 Å². The molecule has 7 nitrogen and oxygen atoms in total. The molecule has 2 aliphatic rings. The molecule has 7 heteroatoms. The number of amides is 2. The summed E-state index contributed by atoms with van der Waals surface area (Å²) in [4.78, 5) is 12.6. The Balaban J connectivity index is 2.13. The fourth-order valence-electron chi connectivity index (χ4n) is 1.78. The monoisotopic (exact) mass is 230 g/mol. The smallest absolute Gasteiger partial charge is 0.323 e. The first-order valence-electron chi connectivity index (χ1n) is 5.00. The van der Waals surface area contributed by atoms with E-state index < -0.39 is 37.2 Å². The van der Waals surface area contributed by atoms with Gasteiger partial charge in [-0.15, -0.1) is 0 Å². The molecule has 4 N–H and O–H groups in total. The zero-order valence-electron chi connectivity index (χ0n) is 8.48. The largest absolute Gasteiger partial charge is 0.394 e. The van der Waals surface area contributed by atoms with Crippen LogP contribution in [0.5, 0.6) is 0 Å². The molecule has 2 heterocycles. The van der Waals surface area contributed by atoms with Crippen LogP contribution in [0.1, 0.15) is 0 Å². The number of hydrogen-bond donors (Lipinski definition) is 4. The SMILES string of the molecule is O=C1NCC=CN1C1OC(CO)C(O)C1O. The van der Waals surface area contributed by atoms with Crippen molar-refractivity contribution >= 4 is 6.03 Å². The number of urea groups is 1. The van der Waals surface area contributed by atoms with E-state index in [0.717, 1.165) is 4.90 Å². The number of aliphatic hydroxyl groups excluding tert-OH is 3. The Morgan fingerprint density at radius 1 is 1.50 bits per heavy atom. The van der Waals surface area contributed by atoms with Crippen LogP contribution in [-0.2, 0) is 4.74 Å². The third-order valence-corrected chi connectivity index (χ3v) is 2.66. The summed E-state index contributed by atoms with van der Waals surface area (Å²) in [6, 6.07) is -0.405. The van der Waals surface area contributed by atoms with E-state index in [4.69, 9.17) is 9.84 Å². The fourth-order valence-corrected chi connectivity index (χ4v) is 1.78. The van der Waals surface area contributed by atoms with Gasteiger partial charge in [0.2, 0.25) is 0 Å². The molecular formula is C9H14N2O5. The van der Waals surface area contributed by atoms with Gasteiger partial charge in [0.05, 0.1) is 6.61 Å². The molecule has 0 spiro atoms. The molecule has 1 saturated heterocycles. The lowest BCUT2D eigenvalue weighted by Gasteiger charge is -2.29. The first-order valence-corrected chi connectivity index (χ1v) is 5.00. The third kappa shape index (κ3) is 1.78. The normalized spacial score (nSPS) is 38.9. The number of carbonyl (C=O) groups is 1. The highest BCUT2D eigenvalue weighted by Crippen LogP contribution is 2.24. The van der Waals surface area contributed by atoms with Gasteiger partial charge in [-0.25, -0.2) is 4.79 Å². The third-order valence-electron chi connectivity index (χ3n) is 2.66. The Labute approximate surface area is 91.9 Å². The lowest BCUT2D eigenvalue weighted by molar-refractivity contribution is -0.0656. The van der Waals surface area contributed by atoms with Gasteiger partial charge in [-0.3, -0.25) is 4.90 Å². The average Bonchev–Trinajstić information content (AvgIpc) is 2.57. The first kappa shape index (κ1) is 11.3. The summed E-state index contributed by atoms with van der Waals surface area (Å²) in [5.74, 6) is 0. The van der Waals surface area contributed by atoms with Gasteiger partial charge in [-0.2, -0.15) is 0 Å². The molecule has 1 fully saturated rings. The summed E-state index contributed by atoms with van der Waals surface area (Å²) in [6.07, 6.45) is -1.09. The van der Waals surface area contributed by atoms with Crippen molar-refractivity contribution in [3.63, 3.8) is 0 Å². The van der Waals surface area contributed by atoms with Crippen molar-refractivity contribution in [1.29, 1.82) is 0 Å². The van der Waals surface area contributed by atoms with Crippen molar-refractivity contribution in [2.24, 2.45) is 0 Å². The summed E-state index contributed by atoms with van der Waals surface area (Å²) >= 11 is 0. The summed E-state index contributed by atoms with van der Waals surface area (Å²) < 4.78 is 5.21. The average molecular weight is 230 g/mol. The van der Waals surface area contributed by atoms with E-state index in [1.165, 1.54) is 6.20 Å². The van der Waals surface area contributed by atoms with Gasteiger partial charge in [0, 0.05) is 12.7 Å². The number of nitrogens with zero attached hydrogens (tertiary/aromatic N) is 1. The number of carbonyl (C=O) groups excluding carboxylic acids is 1. The minimum atomic E-state index is -1.23. The minimum Gasteiger partial charge on any atom is -0.394 e. The number of aliphatic hydroxyl groups is 3. The highest BCUT2D eigenvalue weighted by atomic mass is 16.6. The van der Waals surface area contributed by atoms with Crippen molar-refractivity contribution in [2.45, 2.75) is 24.5 Å². The molecule has 0 aromatic rings. The van der Waals surface area contributed by atoms with E-state index in [2.05, 4.69) is 5.32 Å². The maximum Gasteiger partial charge on any atom is 0.323 e. The summed E-state index contributed by atoms with van der Waals surface area (Å²) in [5.41, 5.74) is 0. The van der Waals surface area contributed by atoms with E-state index in [1.807, 2.05) is 0 Å². The van der Waals surface area contributed by atoms with Crippen molar-refractivity contribution in [1.82, 2.24) is 10.2 Å². The highest BCUT2D eigenvalue weighted by Gasteiger charge is 2.46. The maximum absolute atomic E-state index is 11.5. The fraction of sp³-hybridized carbons (Fsp3) is 0.667. The van der Waals surface area contributed by atoms with Gasteiger partial charge in [-0.1, -0.05) is 0 Å². The lowest BCUT2D eigenvalue weighted by Crippen LogP contribution is -2.50. The van der Waals surface area contributed by atoms with Crippen LogP contribution < -0.4 is 5.32 Å². The molecule has 0 radical (unpaired) electrons. The molecule has 0 saturated carbocycles. The molecule has 16 heavy (non-hydrogen) atoms. The number of nitrogens with one attached hydrogen (secondary N) is 1. The Morgan fingerprint density at radius 2 is 2.25 bits per heavy atom. The minimum absolute atomic E-state index is 0.405. The standard InChI is InChI=1S/C9H14N2O5/c12-4-5-6(13)7(14)8(16-5)11-3-1-2-10-9(11)15/h1,3,5-8,12-14H,2,4H2,(H,10,15).